The molecule has 0 aliphatic carbocycles. The lowest BCUT2D eigenvalue weighted by atomic mass is 10.1. The lowest BCUT2D eigenvalue weighted by Gasteiger charge is -2.08. The average molecular weight is 428 g/mol. The Kier molecular flexibility index (Phi) is 5.45. The Hall–Kier alpha value is -2.99. The van der Waals surface area contributed by atoms with Gasteiger partial charge >= 0.3 is 0 Å². The second-order valence-corrected chi connectivity index (χ2v) is 7.09. The van der Waals surface area contributed by atoms with Gasteiger partial charge in [-0.3, -0.25) is 4.79 Å². The minimum Gasteiger partial charge on any atom is -0.459 e. The summed E-state index contributed by atoms with van der Waals surface area (Å²) in [5.41, 5.74) is 1.90. The van der Waals surface area contributed by atoms with Gasteiger partial charge in [-0.15, -0.1) is 0 Å². The third-order valence-corrected chi connectivity index (χ3v) is 4.82. The van der Waals surface area contributed by atoms with Crippen molar-refractivity contribution in [3.63, 3.8) is 0 Å². The Morgan fingerprint density at radius 3 is 2.41 bits per heavy atom. The van der Waals surface area contributed by atoms with Crippen LogP contribution < -0.4 is 5.32 Å². The molecule has 0 aliphatic rings. The first-order valence-corrected chi connectivity index (χ1v) is 9.46. The minimum atomic E-state index is -0.437. The molecular formula is C22H15Cl2NO4. The van der Waals surface area contributed by atoms with E-state index in [2.05, 4.69) is 5.32 Å². The minimum absolute atomic E-state index is 0.141. The summed E-state index contributed by atoms with van der Waals surface area (Å²) in [6.07, 6.45) is 0. The van der Waals surface area contributed by atoms with Crippen LogP contribution >= 0.6 is 23.2 Å². The zero-order valence-corrected chi connectivity index (χ0v) is 16.5. The largest absolute Gasteiger partial charge is 0.459 e. The number of benzene rings is 2. The molecule has 0 bridgehead atoms. The molecule has 29 heavy (non-hydrogen) atoms. The summed E-state index contributed by atoms with van der Waals surface area (Å²) in [5, 5.41) is 12.9. The first kappa shape index (κ1) is 19.3. The smallest absolute Gasteiger partial charge is 0.291 e. The SMILES string of the molecule is O=C(Nc1cc(-c2ccc(CO)o2)ccc1Cl)c1ccc(-c2cccc(Cl)c2)o1. The van der Waals surface area contributed by atoms with Crippen LogP contribution in [0.4, 0.5) is 5.69 Å². The number of anilines is 1. The number of hydrogen-bond acceptors (Lipinski definition) is 4. The molecule has 146 valence electrons. The van der Waals surface area contributed by atoms with Crippen LogP contribution in [0.25, 0.3) is 22.6 Å². The van der Waals surface area contributed by atoms with Gasteiger partial charge in [-0.2, -0.15) is 0 Å². The molecule has 2 aromatic heterocycles. The molecule has 0 saturated heterocycles. The predicted octanol–water partition coefficient (Wildman–Crippen LogP) is 6.26. The molecule has 4 rings (SSSR count). The van der Waals surface area contributed by atoms with E-state index in [1.54, 1.807) is 54.6 Å². The number of halogens is 2. The van der Waals surface area contributed by atoms with Crippen LogP contribution in [0.5, 0.6) is 0 Å². The normalized spacial score (nSPS) is 10.9. The van der Waals surface area contributed by atoms with Crippen LogP contribution in [-0.4, -0.2) is 11.0 Å². The van der Waals surface area contributed by atoms with E-state index < -0.39 is 5.91 Å². The Morgan fingerprint density at radius 1 is 0.897 bits per heavy atom. The first-order chi connectivity index (χ1) is 14.0. The number of rotatable bonds is 5. The second kappa shape index (κ2) is 8.17. The van der Waals surface area contributed by atoms with Crippen molar-refractivity contribution in [2.45, 2.75) is 6.61 Å². The second-order valence-electron chi connectivity index (χ2n) is 6.25. The van der Waals surface area contributed by atoms with Crippen LogP contribution in [0.3, 0.4) is 0 Å². The molecule has 2 aromatic carbocycles. The Labute approximate surface area is 176 Å². The Morgan fingerprint density at radius 2 is 1.66 bits per heavy atom. The molecule has 0 saturated carbocycles. The summed E-state index contributed by atoms with van der Waals surface area (Å²) in [6.45, 7) is -0.190. The van der Waals surface area contributed by atoms with E-state index in [9.17, 15) is 4.79 Å². The lowest BCUT2D eigenvalue weighted by molar-refractivity contribution is 0.0997. The van der Waals surface area contributed by atoms with Crippen LogP contribution in [0.2, 0.25) is 10.0 Å². The van der Waals surface area contributed by atoms with Crippen molar-refractivity contribution in [2.75, 3.05) is 5.32 Å². The monoisotopic (exact) mass is 427 g/mol. The number of aliphatic hydroxyl groups is 1. The zero-order chi connectivity index (χ0) is 20.4. The van der Waals surface area contributed by atoms with Gasteiger partial charge in [0.1, 0.15) is 23.9 Å². The number of aliphatic hydroxyl groups excluding tert-OH is 1. The van der Waals surface area contributed by atoms with Crippen LogP contribution in [0, 0.1) is 0 Å². The summed E-state index contributed by atoms with van der Waals surface area (Å²) in [6, 6.07) is 19.0. The van der Waals surface area contributed by atoms with Crippen LogP contribution in [0.1, 0.15) is 16.3 Å². The molecular weight excluding hydrogens is 413 g/mol. The van der Waals surface area contributed by atoms with Crippen LogP contribution in [0.15, 0.2) is 75.6 Å². The van der Waals surface area contributed by atoms with Gasteiger partial charge in [-0.05, 0) is 54.6 Å². The molecule has 4 aromatic rings. The summed E-state index contributed by atoms with van der Waals surface area (Å²) >= 11 is 12.2. The molecule has 5 nitrogen and oxygen atoms in total. The van der Waals surface area contributed by atoms with Gasteiger partial charge in [0.15, 0.2) is 5.76 Å². The van der Waals surface area contributed by atoms with E-state index in [4.69, 9.17) is 37.1 Å². The van der Waals surface area contributed by atoms with E-state index in [0.717, 1.165) is 5.56 Å². The molecule has 0 aliphatic heterocycles. The molecule has 7 heteroatoms. The maximum absolute atomic E-state index is 12.6. The fourth-order valence-corrected chi connectivity index (χ4v) is 3.19. The van der Waals surface area contributed by atoms with Gasteiger partial charge in [-0.25, -0.2) is 0 Å². The summed E-state index contributed by atoms with van der Waals surface area (Å²) < 4.78 is 11.2. The van der Waals surface area contributed by atoms with Crippen LogP contribution in [-0.2, 0) is 6.61 Å². The van der Waals surface area contributed by atoms with Crippen molar-refractivity contribution in [1.29, 1.82) is 0 Å². The van der Waals surface area contributed by atoms with E-state index in [1.807, 2.05) is 12.1 Å². The van der Waals surface area contributed by atoms with Gasteiger partial charge in [-0.1, -0.05) is 35.3 Å². The third-order valence-electron chi connectivity index (χ3n) is 4.26. The van der Waals surface area contributed by atoms with Gasteiger partial charge in [0.2, 0.25) is 0 Å². The van der Waals surface area contributed by atoms with Crippen molar-refractivity contribution in [1.82, 2.24) is 0 Å². The fourth-order valence-electron chi connectivity index (χ4n) is 2.83. The number of amides is 1. The maximum Gasteiger partial charge on any atom is 0.291 e. The highest BCUT2D eigenvalue weighted by molar-refractivity contribution is 6.34. The molecule has 2 N–H and O–H groups in total. The molecule has 1 amide bonds. The van der Waals surface area contributed by atoms with Crippen molar-refractivity contribution >= 4 is 34.8 Å². The summed E-state index contributed by atoms with van der Waals surface area (Å²) in [5.74, 6) is 1.24. The van der Waals surface area contributed by atoms with Gasteiger partial charge in [0.05, 0.1) is 10.7 Å². The first-order valence-electron chi connectivity index (χ1n) is 8.70. The third kappa shape index (κ3) is 4.22. The molecule has 0 spiro atoms. The quantitative estimate of drug-likeness (QED) is 0.394. The maximum atomic E-state index is 12.6. The fraction of sp³-hybridized carbons (Fsp3) is 0.0455. The number of carbonyl (C=O) groups is 1. The average Bonchev–Trinajstić information content (AvgIpc) is 3.39. The summed E-state index contributed by atoms with van der Waals surface area (Å²) in [7, 11) is 0. The van der Waals surface area contributed by atoms with E-state index >= 15 is 0 Å². The van der Waals surface area contributed by atoms with Crippen molar-refractivity contribution < 1.29 is 18.7 Å². The molecule has 0 fully saturated rings. The van der Waals surface area contributed by atoms with Gasteiger partial charge < -0.3 is 19.3 Å². The number of nitrogens with one attached hydrogen (secondary N) is 1. The van der Waals surface area contributed by atoms with E-state index in [0.29, 0.717) is 38.6 Å². The van der Waals surface area contributed by atoms with Crippen molar-refractivity contribution in [2.24, 2.45) is 0 Å². The van der Waals surface area contributed by atoms with Gasteiger partial charge in [0.25, 0.3) is 5.91 Å². The number of hydrogen-bond donors (Lipinski definition) is 2. The number of furan rings is 2. The van der Waals surface area contributed by atoms with Crippen molar-refractivity contribution in [3.8, 4) is 22.6 Å². The topological polar surface area (TPSA) is 75.6 Å². The molecule has 0 unspecified atom stereocenters. The molecule has 0 radical (unpaired) electrons. The number of carbonyl (C=O) groups excluding carboxylic acids is 1. The lowest BCUT2D eigenvalue weighted by Crippen LogP contribution is -2.11. The Bertz CT molecular complexity index is 1180. The summed E-state index contributed by atoms with van der Waals surface area (Å²) in [4.78, 5) is 12.6. The highest BCUT2D eigenvalue weighted by Crippen LogP contribution is 2.31. The van der Waals surface area contributed by atoms with Crippen molar-refractivity contribution in [3.05, 3.63) is 88.3 Å². The Balaban J connectivity index is 1.56. The van der Waals surface area contributed by atoms with E-state index in [1.165, 1.54) is 0 Å². The molecule has 2 heterocycles. The highest BCUT2D eigenvalue weighted by Gasteiger charge is 2.15. The molecule has 0 atom stereocenters. The predicted molar refractivity (Wildman–Crippen MR) is 112 cm³/mol. The zero-order valence-electron chi connectivity index (χ0n) is 15.0. The van der Waals surface area contributed by atoms with Gasteiger partial charge in [0, 0.05) is 16.1 Å². The van der Waals surface area contributed by atoms with E-state index in [-0.39, 0.29) is 12.4 Å². The highest BCUT2D eigenvalue weighted by atomic mass is 35.5. The standard InChI is InChI=1S/C22H15Cl2NO4/c23-15-3-1-2-13(10-15)20-8-9-21(29-20)22(27)25-18-11-14(4-6-17(18)24)19-7-5-16(12-26)28-19/h1-11,26H,12H2,(H,25,27).